The summed E-state index contributed by atoms with van der Waals surface area (Å²) in [6, 6.07) is 1.85. The van der Waals surface area contributed by atoms with E-state index < -0.39 is 0 Å². The number of nitrogens with zero attached hydrogens (tertiary/aromatic N) is 3. The summed E-state index contributed by atoms with van der Waals surface area (Å²) in [6.45, 7) is 9.70. The van der Waals surface area contributed by atoms with E-state index in [-0.39, 0.29) is 0 Å². The van der Waals surface area contributed by atoms with Crippen LogP contribution < -0.4 is 5.73 Å². The van der Waals surface area contributed by atoms with E-state index >= 15 is 0 Å². The molecule has 0 atom stereocenters. The first-order chi connectivity index (χ1) is 8.19. The smallest absolute Gasteiger partial charge is 0.131 e. The Kier molecular flexibility index (Phi) is 6.29. The average Bonchev–Trinajstić information content (AvgIpc) is 2.34. The summed E-state index contributed by atoms with van der Waals surface area (Å²) in [5, 5.41) is 0.988. The topological polar surface area (TPSA) is 55.0 Å². The lowest BCUT2D eigenvalue weighted by atomic mass is 10.4. The Morgan fingerprint density at radius 2 is 1.94 bits per heavy atom. The summed E-state index contributed by atoms with van der Waals surface area (Å²) in [5.74, 6) is 2.44. The van der Waals surface area contributed by atoms with Crippen molar-refractivity contribution in [3.63, 3.8) is 0 Å². The number of nitrogens with two attached hydrogens (primary N) is 1. The van der Waals surface area contributed by atoms with Crippen molar-refractivity contribution in [1.29, 1.82) is 0 Å². The lowest BCUT2D eigenvalue weighted by molar-refractivity contribution is 0.324. The minimum Gasteiger partial charge on any atom is -0.384 e. The lowest BCUT2D eigenvalue weighted by Crippen LogP contribution is -2.25. The number of hydrogen-bond acceptors (Lipinski definition) is 5. The summed E-state index contributed by atoms with van der Waals surface area (Å²) in [6.07, 6.45) is 0.828. The van der Waals surface area contributed by atoms with E-state index in [1.165, 1.54) is 0 Å². The lowest BCUT2D eigenvalue weighted by Gasteiger charge is -2.17. The molecule has 0 amide bonds. The van der Waals surface area contributed by atoms with Crippen molar-refractivity contribution >= 4 is 17.6 Å². The molecule has 1 rings (SSSR count). The van der Waals surface area contributed by atoms with Crippen molar-refractivity contribution in [2.24, 2.45) is 0 Å². The van der Waals surface area contributed by atoms with Crippen LogP contribution in [0.1, 0.15) is 26.6 Å². The van der Waals surface area contributed by atoms with Crippen LogP contribution in [-0.2, 0) is 6.42 Å². The largest absolute Gasteiger partial charge is 0.384 e. The minimum absolute atomic E-state index is 0.571. The van der Waals surface area contributed by atoms with Gasteiger partial charge in [0.1, 0.15) is 16.7 Å². The molecule has 0 spiro atoms. The van der Waals surface area contributed by atoms with Crippen molar-refractivity contribution in [2.75, 3.05) is 31.1 Å². The molecule has 5 heteroatoms. The summed E-state index contributed by atoms with van der Waals surface area (Å²) in [7, 11) is 0. The third kappa shape index (κ3) is 4.91. The molecule has 1 aromatic rings. The van der Waals surface area contributed by atoms with E-state index in [0.717, 1.165) is 42.7 Å². The van der Waals surface area contributed by atoms with Crippen LogP contribution in [0.5, 0.6) is 0 Å². The number of hydrogen-bond donors (Lipinski definition) is 1. The highest BCUT2D eigenvalue weighted by molar-refractivity contribution is 7.99. The fourth-order valence-corrected chi connectivity index (χ4v) is 2.48. The van der Waals surface area contributed by atoms with Gasteiger partial charge in [-0.15, -0.1) is 11.8 Å². The molecule has 17 heavy (non-hydrogen) atoms. The number of nitrogen functional groups attached to an aromatic ring is 1. The first-order valence-corrected chi connectivity index (χ1v) is 7.16. The van der Waals surface area contributed by atoms with Crippen LogP contribution >= 0.6 is 11.8 Å². The Hall–Kier alpha value is -0.810. The van der Waals surface area contributed by atoms with Crippen LogP contribution in [0.15, 0.2) is 11.1 Å². The van der Waals surface area contributed by atoms with Gasteiger partial charge in [0.2, 0.25) is 0 Å². The fourth-order valence-electron chi connectivity index (χ4n) is 1.54. The number of aryl methyl sites for hydroxylation is 1. The molecule has 4 nitrogen and oxygen atoms in total. The van der Waals surface area contributed by atoms with Crippen LogP contribution in [0.3, 0.4) is 0 Å². The van der Waals surface area contributed by atoms with Gasteiger partial charge in [-0.25, -0.2) is 9.97 Å². The predicted octanol–water partition coefficient (Wildman–Crippen LogP) is 2.06. The molecule has 96 valence electrons. The molecule has 2 N–H and O–H groups in total. The van der Waals surface area contributed by atoms with E-state index in [1.54, 1.807) is 11.8 Å². The molecule has 1 heterocycles. The van der Waals surface area contributed by atoms with Crippen molar-refractivity contribution in [3.8, 4) is 0 Å². The maximum atomic E-state index is 5.74. The molecule has 0 fully saturated rings. The molecule has 0 bridgehead atoms. The highest BCUT2D eigenvalue weighted by Gasteiger charge is 2.03. The number of thioether (sulfide) groups is 1. The Balaban J connectivity index is 2.48. The van der Waals surface area contributed by atoms with Crippen LogP contribution in [-0.4, -0.2) is 40.3 Å². The molecular weight excluding hydrogens is 232 g/mol. The van der Waals surface area contributed by atoms with Gasteiger partial charge in [0.05, 0.1) is 0 Å². The molecule has 0 aliphatic carbocycles. The maximum absolute atomic E-state index is 5.74. The SMILES string of the molecule is CCc1nc(N)cc(SCCN(CC)CC)n1. The van der Waals surface area contributed by atoms with E-state index in [1.807, 2.05) is 13.0 Å². The summed E-state index contributed by atoms with van der Waals surface area (Å²) in [5.41, 5.74) is 5.74. The van der Waals surface area contributed by atoms with Gasteiger partial charge in [-0.1, -0.05) is 20.8 Å². The van der Waals surface area contributed by atoms with Gasteiger partial charge >= 0.3 is 0 Å². The van der Waals surface area contributed by atoms with E-state index in [4.69, 9.17) is 5.73 Å². The van der Waals surface area contributed by atoms with Gasteiger partial charge < -0.3 is 10.6 Å². The van der Waals surface area contributed by atoms with Crippen molar-refractivity contribution in [2.45, 2.75) is 32.2 Å². The molecule has 0 saturated heterocycles. The quantitative estimate of drug-likeness (QED) is 0.596. The zero-order valence-electron chi connectivity index (χ0n) is 10.9. The molecule has 0 aliphatic heterocycles. The highest BCUT2D eigenvalue weighted by atomic mass is 32.2. The third-order valence-electron chi connectivity index (χ3n) is 2.64. The van der Waals surface area contributed by atoms with Crippen LogP contribution in [0.4, 0.5) is 5.82 Å². The van der Waals surface area contributed by atoms with Gasteiger partial charge in [-0.05, 0) is 13.1 Å². The molecule has 0 saturated carbocycles. The first kappa shape index (κ1) is 14.3. The summed E-state index contributed by atoms with van der Waals surface area (Å²) in [4.78, 5) is 11.0. The minimum atomic E-state index is 0.571. The maximum Gasteiger partial charge on any atom is 0.131 e. The number of anilines is 1. The van der Waals surface area contributed by atoms with Gasteiger partial charge in [0, 0.05) is 24.8 Å². The van der Waals surface area contributed by atoms with Crippen LogP contribution in [0.2, 0.25) is 0 Å². The third-order valence-corrected chi connectivity index (χ3v) is 3.53. The van der Waals surface area contributed by atoms with Crippen LogP contribution in [0, 0.1) is 0 Å². The number of rotatable bonds is 7. The van der Waals surface area contributed by atoms with E-state index in [9.17, 15) is 0 Å². The molecular formula is C12H22N4S. The van der Waals surface area contributed by atoms with Crippen molar-refractivity contribution in [3.05, 3.63) is 11.9 Å². The zero-order valence-corrected chi connectivity index (χ0v) is 11.8. The molecule has 1 aromatic heterocycles. The van der Waals surface area contributed by atoms with Crippen molar-refractivity contribution < 1.29 is 0 Å². The number of aromatic nitrogens is 2. The zero-order chi connectivity index (χ0) is 12.7. The Bertz CT molecular complexity index is 339. The normalized spacial score (nSPS) is 11.1. The second-order valence-electron chi connectivity index (χ2n) is 3.78. The monoisotopic (exact) mass is 254 g/mol. The van der Waals surface area contributed by atoms with Gasteiger partial charge in [-0.2, -0.15) is 0 Å². The summed E-state index contributed by atoms with van der Waals surface area (Å²) >= 11 is 1.75. The first-order valence-electron chi connectivity index (χ1n) is 6.18. The Morgan fingerprint density at radius 1 is 1.24 bits per heavy atom. The molecule has 0 radical (unpaired) electrons. The fraction of sp³-hybridized carbons (Fsp3) is 0.667. The van der Waals surface area contributed by atoms with Gasteiger partial charge in [0.15, 0.2) is 0 Å². The Labute approximate surface area is 108 Å². The van der Waals surface area contributed by atoms with E-state index in [2.05, 4.69) is 28.7 Å². The Morgan fingerprint density at radius 3 is 2.53 bits per heavy atom. The van der Waals surface area contributed by atoms with E-state index in [0.29, 0.717) is 5.82 Å². The summed E-state index contributed by atoms with van der Waals surface area (Å²) < 4.78 is 0. The molecule has 0 aliphatic rings. The highest BCUT2D eigenvalue weighted by Crippen LogP contribution is 2.17. The standard InChI is InChI=1S/C12H22N4S/c1-4-11-14-10(13)9-12(15-11)17-8-7-16(5-2)6-3/h9H,4-8H2,1-3H3,(H2,13,14,15). The molecule has 0 aromatic carbocycles. The second kappa shape index (κ2) is 7.50. The second-order valence-corrected chi connectivity index (χ2v) is 4.89. The predicted molar refractivity (Wildman–Crippen MR) is 74.3 cm³/mol. The van der Waals surface area contributed by atoms with Crippen LogP contribution in [0.25, 0.3) is 0 Å². The molecule has 0 unspecified atom stereocenters. The average molecular weight is 254 g/mol. The van der Waals surface area contributed by atoms with Crippen molar-refractivity contribution in [1.82, 2.24) is 14.9 Å². The van der Waals surface area contributed by atoms with Gasteiger partial charge in [-0.3, -0.25) is 0 Å². The van der Waals surface area contributed by atoms with Gasteiger partial charge in [0.25, 0.3) is 0 Å².